The van der Waals surface area contributed by atoms with Gasteiger partial charge in [0, 0.05) is 15.5 Å². The van der Waals surface area contributed by atoms with E-state index in [0.717, 1.165) is 4.90 Å². The zero-order valence-electron chi connectivity index (χ0n) is 6.55. The van der Waals surface area contributed by atoms with E-state index < -0.39 is 0 Å². The van der Waals surface area contributed by atoms with Crippen LogP contribution in [0.5, 0.6) is 0 Å². The van der Waals surface area contributed by atoms with E-state index in [2.05, 4.69) is 41.3 Å². The Morgan fingerprint density at radius 2 is 2.23 bits per heavy atom. The van der Waals surface area contributed by atoms with Crippen LogP contribution in [0.25, 0.3) is 10.1 Å². The summed E-state index contributed by atoms with van der Waals surface area (Å²) in [5, 5.41) is 1.25. The molecule has 4 heteroatoms. The van der Waals surface area contributed by atoms with Crippen LogP contribution in [0, 0.1) is 2.88 Å². The van der Waals surface area contributed by atoms with Crippen LogP contribution in [0.1, 0.15) is 5.56 Å². The highest BCUT2D eigenvalue weighted by Crippen LogP contribution is 2.34. The first-order chi connectivity index (χ1) is 6.22. The number of alkyl halides is 1. The van der Waals surface area contributed by atoms with Crippen LogP contribution in [0.4, 0.5) is 0 Å². The molecule has 0 fully saturated rings. The molecular weight excluding hydrogens is 335 g/mol. The molecule has 0 aliphatic heterocycles. The Morgan fingerprint density at radius 3 is 2.92 bits per heavy atom. The Hall–Kier alpha value is 0.550. The van der Waals surface area contributed by atoms with E-state index in [1.54, 1.807) is 11.3 Å². The molecule has 0 nitrogen and oxygen atoms in total. The quantitative estimate of drug-likeness (QED) is 0.440. The molecule has 2 aromatic rings. The highest BCUT2D eigenvalue weighted by atomic mass is 127. The van der Waals surface area contributed by atoms with E-state index in [1.807, 2.05) is 12.1 Å². The van der Waals surface area contributed by atoms with Gasteiger partial charge in [-0.3, -0.25) is 0 Å². The predicted molar refractivity (Wildman–Crippen MR) is 71.4 cm³/mol. The average molecular weight is 341 g/mol. The Balaban J connectivity index is 2.83. The van der Waals surface area contributed by atoms with Crippen molar-refractivity contribution in [2.45, 2.75) is 10.8 Å². The molecule has 0 spiro atoms. The highest BCUT2D eigenvalue weighted by Gasteiger charge is 2.06. The SMILES string of the molecule is Sc1ccc(CCl)c2cc(I)sc12. The van der Waals surface area contributed by atoms with Gasteiger partial charge in [-0.15, -0.1) is 35.6 Å². The van der Waals surface area contributed by atoms with Crippen LogP contribution >= 0.6 is 58.2 Å². The third kappa shape index (κ3) is 1.84. The van der Waals surface area contributed by atoms with Crippen molar-refractivity contribution < 1.29 is 0 Å². The van der Waals surface area contributed by atoms with Crippen molar-refractivity contribution in [3.63, 3.8) is 0 Å². The maximum absolute atomic E-state index is 5.84. The number of fused-ring (bicyclic) bond motifs is 1. The first-order valence-electron chi connectivity index (χ1n) is 3.68. The molecule has 0 bridgehead atoms. The van der Waals surface area contributed by atoms with Gasteiger partial charge in [0.1, 0.15) is 0 Å². The number of rotatable bonds is 1. The summed E-state index contributed by atoms with van der Waals surface area (Å²) in [5.41, 5.74) is 1.19. The summed E-state index contributed by atoms with van der Waals surface area (Å²) in [6, 6.07) is 6.22. The Labute approximate surface area is 105 Å². The van der Waals surface area contributed by atoms with E-state index in [1.165, 1.54) is 18.5 Å². The lowest BCUT2D eigenvalue weighted by Gasteiger charge is -1.99. The molecule has 0 aliphatic rings. The first kappa shape index (κ1) is 10.1. The molecule has 68 valence electrons. The minimum Gasteiger partial charge on any atom is -0.142 e. The molecule has 1 heterocycles. The summed E-state index contributed by atoms with van der Waals surface area (Å²) in [7, 11) is 0. The molecule has 0 radical (unpaired) electrons. The second-order valence-corrected chi connectivity index (χ2v) is 6.37. The summed E-state index contributed by atoms with van der Waals surface area (Å²) >= 11 is 14.3. The monoisotopic (exact) mass is 340 g/mol. The van der Waals surface area contributed by atoms with Crippen molar-refractivity contribution in [3.8, 4) is 0 Å². The van der Waals surface area contributed by atoms with E-state index in [9.17, 15) is 0 Å². The van der Waals surface area contributed by atoms with Gasteiger partial charge in [-0.25, -0.2) is 0 Å². The van der Waals surface area contributed by atoms with Gasteiger partial charge in [-0.1, -0.05) is 6.07 Å². The Kier molecular flexibility index (Phi) is 3.07. The predicted octanol–water partition coefficient (Wildman–Crippen LogP) is 4.53. The molecule has 0 N–H and O–H groups in total. The molecule has 1 aromatic carbocycles. The summed E-state index contributed by atoms with van der Waals surface area (Å²) in [6.45, 7) is 0. The fraction of sp³-hybridized carbons (Fsp3) is 0.111. The second-order valence-electron chi connectivity index (χ2n) is 2.67. The lowest BCUT2D eigenvalue weighted by Crippen LogP contribution is -1.78. The van der Waals surface area contributed by atoms with Gasteiger partial charge >= 0.3 is 0 Å². The minimum atomic E-state index is 0.567. The standard InChI is InChI=1S/C9H6ClIS2/c10-4-5-1-2-7(12)9-6(5)3-8(11)13-9/h1-3,12H,4H2. The van der Waals surface area contributed by atoms with E-state index in [0.29, 0.717) is 5.88 Å². The maximum Gasteiger partial charge on any atom is 0.0666 e. The first-order valence-corrected chi connectivity index (χ1v) is 6.56. The summed E-state index contributed by atoms with van der Waals surface area (Å²) < 4.78 is 2.52. The number of hydrogen-bond donors (Lipinski definition) is 1. The third-order valence-corrected chi connectivity index (χ3v) is 4.61. The fourth-order valence-corrected chi connectivity index (χ4v) is 3.63. The van der Waals surface area contributed by atoms with Crippen molar-refractivity contribution in [1.29, 1.82) is 0 Å². The van der Waals surface area contributed by atoms with Crippen LogP contribution in [0.3, 0.4) is 0 Å². The van der Waals surface area contributed by atoms with Crippen LogP contribution in [0.2, 0.25) is 0 Å². The summed E-state index contributed by atoms with van der Waals surface area (Å²) in [4.78, 5) is 1.04. The van der Waals surface area contributed by atoms with E-state index >= 15 is 0 Å². The summed E-state index contributed by atoms with van der Waals surface area (Å²) in [6.07, 6.45) is 0. The van der Waals surface area contributed by atoms with Gasteiger partial charge in [0.2, 0.25) is 0 Å². The molecule has 13 heavy (non-hydrogen) atoms. The third-order valence-electron chi connectivity index (χ3n) is 1.87. The van der Waals surface area contributed by atoms with Gasteiger partial charge in [0.05, 0.1) is 2.88 Å². The van der Waals surface area contributed by atoms with Gasteiger partial charge in [-0.05, 0) is 45.7 Å². The van der Waals surface area contributed by atoms with Gasteiger partial charge < -0.3 is 0 Å². The molecule has 0 amide bonds. The van der Waals surface area contributed by atoms with E-state index in [4.69, 9.17) is 11.6 Å². The zero-order chi connectivity index (χ0) is 9.42. The molecule has 0 unspecified atom stereocenters. The van der Waals surface area contributed by atoms with Gasteiger partial charge in [0.15, 0.2) is 0 Å². The molecule has 1 aromatic heterocycles. The van der Waals surface area contributed by atoms with Crippen molar-refractivity contribution in [1.82, 2.24) is 0 Å². The van der Waals surface area contributed by atoms with Gasteiger partial charge in [0.25, 0.3) is 0 Å². The van der Waals surface area contributed by atoms with Crippen molar-refractivity contribution >= 4 is 68.2 Å². The molecule has 0 atom stereocenters. The molecule has 0 saturated carbocycles. The topological polar surface area (TPSA) is 0 Å². The Morgan fingerprint density at radius 1 is 1.46 bits per heavy atom. The maximum atomic E-state index is 5.84. The summed E-state index contributed by atoms with van der Waals surface area (Å²) in [5.74, 6) is 0.567. The largest absolute Gasteiger partial charge is 0.142 e. The lowest BCUT2D eigenvalue weighted by atomic mass is 10.1. The average Bonchev–Trinajstić information content (AvgIpc) is 2.48. The fourth-order valence-electron chi connectivity index (χ4n) is 1.25. The zero-order valence-corrected chi connectivity index (χ0v) is 11.2. The number of halogens is 2. The van der Waals surface area contributed by atoms with Crippen molar-refractivity contribution in [3.05, 3.63) is 26.6 Å². The molecular formula is C9H6ClIS2. The normalized spacial score (nSPS) is 11.0. The Bertz CT molecular complexity index is 450. The molecule has 0 aliphatic carbocycles. The number of hydrogen-bond acceptors (Lipinski definition) is 2. The van der Waals surface area contributed by atoms with Crippen molar-refractivity contribution in [2.75, 3.05) is 0 Å². The van der Waals surface area contributed by atoms with Crippen LogP contribution in [0.15, 0.2) is 23.1 Å². The van der Waals surface area contributed by atoms with Crippen LogP contribution in [-0.2, 0) is 5.88 Å². The van der Waals surface area contributed by atoms with Crippen LogP contribution in [-0.4, -0.2) is 0 Å². The lowest BCUT2D eigenvalue weighted by molar-refractivity contribution is 1.43. The van der Waals surface area contributed by atoms with Crippen molar-refractivity contribution in [2.24, 2.45) is 0 Å². The van der Waals surface area contributed by atoms with Crippen LogP contribution < -0.4 is 0 Å². The minimum absolute atomic E-state index is 0.567. The molecule has 0 saturated heterocycles. The number of benzene rings is 1. The van der Waals surface area contributed by atoms with Gasteiger partial charge in [-0.2, -0.15) is 0 Å². The second kappa shape index (κ2) is 3.96. The smallest absolute Gasteiger partial charge is 0.0666 e. The molecule has 2 rings (SSSR count). The number of thiophene rings is 1. The number of thiol groups is 1. The highest BCUT2D eigenvalue weighted by molar-refractivity contribution is 14.1. The van der Waals surface area contributed by atoms with E-state index in [-0.39, 0.29) is 0 Å².